The molecule has 1 aromatic heterocycles. The first-order valence-corrected chi connectivity index (χ1v) is 13.9. The van der Waals surface area contributed by atoms with Crippen molar-refractivity contribution in [1.82, 2.24) is 19.8 Å². The summed E-state index contributed by atoms with van der Waals surface area (Å²) in [6, 6.07) is 18.2. The van der Waals surface area contributed by atoms with Gasteiger partial charge in [-0.1, -0.05) is 18.2 Å². The number of sulfonamides is 1. The highest BCUT2D eigenvalue weighted by atomic mass is 32.2. The second-order valence-electron chi connectivity index (χ2n) is 9.30. The van der Waals surface area contributed by atoms with Crippen LogP contribution in [0.1, 0.15) is 10.4 Å². The second kappa shape index (κ2) is 12.2. The minimum atomic E-state index is -4.15. The summed E-state index contributed by atoms with van der Waals surface area (Å²) in [6.45, 7) is 1.18. The van der Waals surface area contributed by atoms with E-state index in [1.54, 1.807) is 54.4 Å². The summed E-state index contributed by atoms with van der Waals surface area (Å²) < 4.78 is 40.3. The summed E-state index contributed by atoms with van der Waals surface area (Å²) in [4.78, 5) is 25.5. The molecule has 0 aliphatic heterocycles. The zero-order chi connectivity index (χ0) is 28.9. The number of carbonyl (C=O) groups is 1. The van der Waals surface area contributed by atoms with Gasteiger partial charge < -0.3 is 24.6 Å². The highest BCUT2D eigenvalue weighted by Gasteiger charge is 2.22. The molecule has 0 spiro atoms. The molecule has 2 N–H and O–H groups in total. The number of ether oxygens (including phenoxy) is 2. The lowest BCUT2D eigenvalue weighted by Gasteiger charge is -2.20. The van der Waals surface area contributed by atoms with E-state index in [4.69, 9.17) is 9.47 Å². The Bertz CT molecular complexity index is 1600. The average Bonchev–Trinajstić information content (AvgIpc) is 2.95. The Labute approximate surface area is 233 Å². The highest BCUT2D eigenvalue weighted by molar-refractivity contribution is 7.92. The van der Waals surface area contributed by atoms with Crippen LogP contribution in [-0.4, -0.2) is 82.5 Å². The summed E-state index contributed by atoms with van der Waals surface area (Å²) in [5.41, 5.74) is 1.88. The maximum absolute atomic E-state index is 13.5. The van der Waals surface area contributed by atoms with Gasteiger partial charge in [-0.2, -0.15) is 0 Å². The maximum atomic E-state index is 13.5. The van der Waals surface area contributed by atoms with Crippen molar-refractivity contribution in [2.75, 3.05) is 58.5 Å². The van der Waals surface area contributed by atoms with Crippen LogP contribution < -0.4 is 19.5 Å². The van der Waals surface area contributed by atoms with Crippen molar-refractivity contribution < 1.29 is 22.7 Å². The molecule has 210 valence electrons. The van der Waals surface area contributed by atoms with Gasteiger partial charge in [0, 0.05) is 49.6 Å². The number of likely N-dealkylation sites (N-methyl/N-ethyl adjacent to an activating group) is 2. The number of para-hydroxylation sites is 2. The Morgan fingerprint density at radius 2 is 1.45 bits per heavy atom. The number of amides is 1. The zero-order valence-corrected chi connectivity index (χ0v) is 23.8. The van der Waals surface area contributed by atoms with Crippen LogP contribution in [0.3, 0.4) is 0 Å². The third-order valence-corrected chi connectivity index (χ3v) is 7.37. The number of methoxy groups -OCH3 is 2. The lowest BCUT2D eigenvalue weighted by molar-refractivity contribution is 0.0786. The Morgan fingerprint density at radius 1 is 0.825 bits per heavy atom. The average molecular weight is 565 g/mol. The number of nitrogens with one attached hydrogen (secondary N) is 2. The van der Waals surface area contributed by atoms with E-state index in [2.05, 4.69) is 20.0 Å². The SMILES string of the molecule is COc1cc(Nc2nc3ccccc3nc2NS(=O)(=O)c2cccc(C(=O)N(C)CCN(C)C)c2)cc(OC)c1. The number of benzene rings is 3. The molecule has 0 unspecified atom stereocenters. The first-order valence-electron chi connectivity index (χ1n) is 12.4. The number of hydrogen-bond donors (Lipinski definition) is 2. The molecular formula is C28H32N6O5S. The van der Waals surface area contributed by atoms with E-state index in [9.17, 15) is 13.2 Å². The number of nitrogens with zero attached hydrogens (tertiary/aromatic N) is 4. The van der Waals surface area contributed by atoms with Crippen molar-refractivity contribution in [3.05, 3.63) is 72.3 Å². The van der Waals surface area contributed by atoms with Crippen LogP contribution in [0, 0.1) is 0 Å². The van der Waals surface area contributed by atoms with E-state index < -0.39 is 10.0 Å². The Balaban J connectivity index is 1.69. The minimum Gasteiger partial charge on any atom is -0.497 e. The van der Waals surface area contributed by atoms with Crippen LogP contribution in [0.2, 0.25) is 0 Å². The Kier molecular flexibility index (Phi) is 8.70. The Hall–Kier alpha value is -4.42. The van der Waals surface area contributed by atoms with Gasteiger partial charge in [0.2, 0.25) is 0 Å². The van der Waals surface area contributed by atoms with Gasteiger partial charge >= 0.3 is 0 Å². The highest BCUT2D eigenvalue weighted by Crippen LogP contribution is 2.31. The summed E-state index contributed by atoms with van der Waals surface area (Å²) in [7, 11) is 4.44. The van der Waals surface area contributed by atoms with Crippen LogP contribution >= 0.6 is 0 Å². The molecule has 3 aromatic carbocycles. The van der Waals surface area contributed by atoms with Crippen LogP contribution in [0.5, 0.6) is 11.5 Å². The fourth-order valence-electron chi connectivity index (χ4n) is 3.83. The number of fused-ring (bicyclic) bond motifs is 1. The van der Waals surface area contributed by atoms with Gasteiger partial charge in [-0.3, -0.25) is 9.52 Å². The summed E-state index contributed by atoms with van der Waals surface area (Å²) in [5, 5.41) is 3.13. The molecular weight excluding hydrogens is 532 g/mol. The van der Waals surface area contributed by atoms with Gasteiger partial charge in [0.25, 0.3) is 15.9 Å². The van der Waals surface area contributed by atoms with Crippen LogP contribution in [0.4, 0.5) is 17.3 Å². The number of anilines is 3. The van der Waals surface area contributed by atoms with Gasteiger partial charge in [0.15, 0.2) is 11.6 Å². The standard InChI is InChI=1S/C28H32N6O5S/c1-33(2)13-14-34(3)28(35)19-9-8-10-23(15-19)40(36,37)32-27-26(30-24-11-6-7-12-25(24)31-27)29-20-16-21(38-4)18-22(17-20)39-5/h6-12,15-18H,13-14H2,1-5H3,(H,29,30)(H,31,32). The van der Waals surface area contributed by atoms with E-state index in [1.165, 1.54) is 32.4 Å². The quantitative estimate of drug-likeness (QED) is 0.280. The molecule has 1 amide bonds. The molecule has 0 saturated carbocycles. The normalized spacial score (nSPS) is 11.3. The third-order valence-electron chi connectivity index (χ3n) is 6.04. The zero-order valence-electron chi connectivity index (χ0n) is 23.0. The van der Waals surface area contributed by atoms with E-state index in [-0.39, 0.29) is 28.0 Å². The smallest absolute Gasteiger partial charge is 0.263 e. The topological polar surface area (TPSA) is 126 Å². The second-order valence-corrected chi connectivity index (χ2v) is 11.0. The van der Waals surface area contributed by atoms with Gasteiger partial charge in [0.1, 0.15) is 11.5 Å². The molecule has 0 aliphatic carbocycles. The minimum absolute atomic E-state index is 0.0136. The molecule has 40 heavy (non-hydrogen) atoms. The molecule has 0 bridgehead atoms. The number of aromatic nitrogens is 2. The summed E-state index contributed by atoms with van der Waals surface area (Å²) >= 11 is 0. The van der Waals surface area contributed by atoms with Crippen molar-refractivity contribution >= 4 is 44.3 Å². The van der Waals surface area contributed by atoms with Gasteiger partial charge in [-0.25, -0.2) is 18.4 Å². The maximum Gasteiger partial charge on any atom is 0.263 e. The fraction of sp³-hybridized carbons (Fsp3) is 0.250. The predicted molar refractivity (Wildman–Crippen MR) is 155 cm³/mol. The number of rotatable bonds is 11. The lowest BCUT2D eigenvalue weighted by Crippen LogP contribution is -2.33. The van der Waals surface area contributed by atoms with Crippen LogP contribution in [-0.2, 0) is 10.0 Å². The molecule has 12 heteroatoms. The van der Waals surface area contributed by atoms with Gasteiger partial charge in [-0.15, -0.1) is 0 Å². The summed E-state index contributed by atoms with van der Waals surface area (Å²) in [6.07, 6.45) is 0. The van der Waals surface area contributed by atoms with Crippen molar-refractivity contribution in [2.24, 2.45) is 0 Å². The molecule has 0 radical (unpaired) electrons. The number of hydrogen-bond acceptors (Lipinski definition) is 9. The van der Waals surface area contributed by atoms with Crippen LogP contribution in [0.15, 0.2) is 71.6 Å². The van der Waals surface area contributed by atoms with E-state index in [0.717, 1.165) is 0 Å². The summed E-state index contributed by atoms with van der Waals surface area (Å²) in [5.74, 6) is 0.955. The van der Waals surface area contributed by atoms with Crippen LogP contribution in [0.25, 0.3) is 11.0 Å². The fourth-order valence-corrected chi connectivity index (χ4v) is 4.88. The van der Waals surface area contributed by atoms with Crippen molar-refractivity contribution in [1.29, 1.82) is 0 Å². The van der Waals surface area contributed by atoms with Crippen molar-refractivity contribution in [2.45, 2.75) is 4.90 Å². The van der Waals surface area contributed by atoms with E-state index in [0.29, 0.717) is 41.3 Å². The van der Waals surface area contributed by atoms with E-state index in [1.807, 2.05) is 25.1 Å². The molecule has 4 rings (SSSR count). The predicted octanol–water partition coefficient (Wildman–Crippen LogP) is 3.83. The molecule has 11 nitrogen and oxygen atoms in total. The Morgan fingerprint density at radius 3 is 2.05 bits per heavy atom. The third kappa shape index (κ3) is 6.77. The van der Waals surface area contributed by atoms with Gasteiger partial charge in [-0.05, 0) is 44.4 Å². The van der Waals surface area contributed by atoms with E-state index >= 15 is 0 Å². The number of carbonyl (C=O) groups excluding carboxylic acids is 1. The monoisotopic (exact) mass is 564 g/mol. The first kappa shape index (κ1) is 28.6. The molecule has 0 aliphatic rings. The van der Waals surface area contributed by atoms with Crippen molar-refractivity contribution in [3.63, 3.8) is 0 Å². The molecule has 0 fully saturated rings. The van der Waals surface area contributed by atoms with Gasteiger partial charge in [0.05, 0.1) is 30.1 Å². The van der Waals surface area contributed by atoms with Crippen molar-refractivity contribution in [3.8, 4) is 11.5 Å². The molecule has 0 atom stereocenters. The largest absolute Gasteiger partial charge is 0.497 e. The molecule has 0 saturated heterocycles. The lowest BCUT2D eigenvalue weighted by atomic mass is 10.2. The first-order chi connectivity index (χ1) is 19.1. The molecule has 4 aromatic rings. The molecule has 1 heterocycles.